The molecule has 1 atom stereocenters. The first-order valence-electron chi connectivity index (χ1n) is 4.49. The minimum atomic E-state index is 0.587. The van der Waals surface area contributed by atoms with Gasteiger partial charge < -0.3 is 10.5 Å². The Balaban J connectivity index is 1.97. The van der Waals surface area contributed by atoms with Crippen LogP contribution in [-0.2, 0) is 11.2 Å². The van der Waals surface area contributed by atoms with Crippen LogP contribution < -0.4 is 5.73 Å². The number of rotatable bonds is 2. The molecule has 0 radical (unpaired) electrons. The minimum absolute atomic E-state index is 0.587. The molecule has 1 aromatic rings. The largest absolute Gasteiger partial charge is 0.396 e. The van der Waals surface area contributed by atoms with E-state index < -0.39 is 0 Å². The normalized spacial score (nSPS) is 22.0. The van der Waals surface area contributed by atoms with Crippen molar-refractivity contribution < 1.29 is 4.74 Å². The Kier molecular flexibility index (Phi) is 2.40. The monoisotopic (exact) mass is 179 g/mol. The third kappa shape index (κ3) is 2.15. The lowest BCUT2D eigenvalue weighted by Crippen LogP contribution is -2.07. The molecule has 2 heterocycles. The number of hydrogen-bond donors (Lipinski definition) is 1. The van der Waals surface area contributed by atoms with Gasteiger partial charge in [0, 0.05) is 19.6 Å². The molecule has 2 rings (SSSR count). The second-order valence-electron chi connectivity index (χ2n) is 3.37. The number of anilines is 1. The Labute approximate surface area is 77.1 Å². The van der Waals surface area contributed by atoms with Gasteiger partial charge in [-0.3, -0.25) is 0 Å². The summed E-state index contributed by atoms with van der Waals surface area (Å²) in [5.41, 5.74) is 6.10. The predicted molar refractivity (Wildman–Crippen MR) is 49.1 cm³/mol. The van der Waals surface area contributed by atoms with E-state index in [9.17, 15) is 0 Å². The van der Waals surface area contributed by atoms with E-state index in [0.29, 0.717) is 11.6 Å². The van der Waals surface area contributed by atoms with Crippen LogP contribution in [0.4, 0.5) is 5.69 Å². The van der Waals surface area contributed by atoms with Crippen molar-refractivity contribution in [3.63, 3.8) is 0 Å². The summed E-state index contributed by atoms with van der Waals surface area (Å²) in [5, 5.41) is 0. The molecule has 0 saturated carbocycles. The predicted octanol–water partition coefficient (Wildman–Crippen LogP) is 0.638. The van der Waals surface area contributed by atoms with Crippen molar-refractivity contribution in [2.24, 2.45) is 5.92 Å². The lowest BCUT2D eigenvalue weighted by atomic mass is 10.1. The molecule has 4 heteroatoms. The van der Waals surface area contributed by atoms with Gasteiger partial charge in [0.25, 0.3) is 0 Å². The van der Waals surface area contributed by atoms with Gasteiger partial charge in [-0.1, -0.05) is 0 Å². The molecule has 1 aromatic heterocycles. The molecule has 0 spiro atoms. The van der Waals surface area contributed by atoms with Crippen molar-refractivity contribution in [2.45, 2.75) is 12.8 Å². The van der Waals surface area contributed by atoms with E-state index in [-0.39, 0.29) is 0 Å². The van der Waals surface area contributed by atoms with Crippen LogP contribution in [0.3, 0.4) is 0 Å². The average molecular weight is 179 g/mol. The maximum atomic E-state index is 5.49. The molecule has 1 fully saturated rings. The maximum Gasteiger partial charge on any atom is 0.128 e. The van der Waals surface area contributed by atoms with Crippen molar-refractivity contribution in [1.29, 1.82) is 0 Å². The van der Waals surface area contributed by atoms with Crippen molar-refractivity contribution in [1.82, 2.24) is 9.97 Å². The minimum Gasteiger partial charge on any atom is -0.396 e. The van der Waals surface area contributed by atoms with Crippen LogP contribution in [0, 0.1) is 5.92 Å². The third-order valence-electron chi connectivity index (χ3n) is 2.22. The van der Waals surface area contributed by atoms with Crippen LogP contribution in [0.2, 0.25) is 0 Å². The molecule has 70 valence electrons. The fourth-order valence-electron chi connectivity index (χ4n) is 1.47. The van der Waals surface area contributed by atoms with E-state index in [0.717, 1.165) is 31.9 Å². The van der Waals surface area contributed by atoms with Crippen LogP contribution in [0.5, 0.6) is 0 Å². The zero-order valence-electron chi connectivity index (χ0n) is 7.44. The van der Waals surface area contributed by atoms with Crippen LogP contribution >= 0.6 is 0 Å². The van der Waals surface area contributed by atoms with E-state index >= 15 is 0 Å². The van der Waals surface area contributed by atoms with Gasteiger partial charge in [-0.05, 0) is 12.3 Å². The number of aromatic nitrogens is 2. The molecule has 1 unspecified atom stereocenters. The van der Waals surface area contributed by atoms with Gasteiger partial charge in [0.1, 0.15) is 5.82 Å². The molecule has 2 N–H and O–H groups in total. The highest BCUT2D eigenvalue weighted by Gasteiger charge is 2.16. The molecule has 0 aromatic carbocycles. The van der Waals surface area contributed by atoms with Gasteiger partial charge in [-0.15, -0.1) is 0 Å². The Morgan fingerprint density at radius 3 is 2.85 bits per heavy atom. The first-order chi connectivity index (χ1) is 6.34. The average Bonchev–Trinajstić information content (AvgIpc) is 2.62. The molecule has 0 amide bonds. The first-order valence-corrected chi connectivity index (χ1v) is 4.49. The van der Waals surface area contributed by atoms with Crippen molar-refractivity contribution in [2.75, 3.05) is 18.9 Å². The molecule has 13 heavy (non-hydrogen) atoms. The number of nitrogens with zero attached hydrogens (tertiary/aromatic N) is 2. The summed E-state index contributed by atoms with van der Waals surface area (Å²) in [6.07, 6.45) is 5.32. The summed E-state index contributed by atoms with van der Waals surface area (Å²) in [4.78, 5) is 8.30. The number of ether oxygens (including phenoxy) is 1. The molecule has 1 saturated heterocycles. The third-order valence-corrected chi connectivity index (χ3v) is 2.22. The molecular weight excluding hydrogens is 166 g/mol. The highest BCUT2D eigenvalue weighted by Crippen LogP contribution is 2.16. The number of nitrogens with two attached hydrogens (primary N) is 1. The van der Waals surface area contributed by atoms with Crippen molar-refractivity contribution in [3.8, 4) is 0 Å². The van der Waals surface area contributed by atoms with Gasteiger partial charge in [-0.2, -0.15) is 0 Å². The molecular formula is C9H13N3O. The quantitative estimate of drug-likeness (QED) is 0.723. The summed E-state index contributed by atoms with van der Waals surface area (Å²) in [5.74, 6) is 1.45. The maximum absolute atomic E-state index is 5.49. The van der Waals surface area contributed by atoms with Gasteiger partial charge in [-0.25, -0.2) is 9.97 Å². The zero-order valence-corrected chi connectivity index (χ0v) is 7.44. The summed E-state index contributed by atoms with van der Waals surface area (Å²) in [7, 11) is 0. The Morgan fingerprint density at radius 1 is 1.46 bits per heavy atom. The zero-order chi connectivity index (χ0) is 9.10. The molecule has 1 aliphatic rings. The summed E-state index contributed by atoms with van der Waals surface area (Å²) in [6.45, 7) is 1.72. The van der Waals surface area contributed by atoms with E-state index in [1.54, 1.807) is 12.4 Å². The SMILES string of the molecule is Nc1cnc(CC2CCOC2)nc1. The van der Waals surface area contributed by atoms with Gasteiger partial charge in [0.2, 0.25) is 0 Å². The van der Waals surface area contributed by atoms with Crippen LogP contribution in [0.25, 0.3) is 0 Å². The Hall–Kier alpha value is -1.16. The lowest BCUT2D eigenvalue weighted by Gasteiger charge is -2.04. The van der Waals surface area contributed by atoms with Crippen molar-refractivity contribution >= 4 is 5.69 Å². The Bertz CT molecular complexity index is 267. The van der Waals surface area contributed by atoms with Crippen molar-refractivity contribution in [3.05, 3.63) is 18.2 Å². The van der Waals surface area contributed by atoms with Gasteiger partial charge in [0.05, 0.1) is 18.1 Å². The summed E-state index contributed by atoms with van der Waals surface area (Å²) < 4.78 is 5.27. The molecule has 1 aliphatic heterocycles. The molecule has 4 nitrogen and oxygen atoms in total. The summed E-state index contributed by atoms with van der Waals surface area (Å²) >= 11 is 0. The second-order valence-corrected chi connectivity index (χ2v) is 3.37. The van der Waals surface area contributed by atoms with Crippen LogP contribution in [0.15, 0.2) is 12.4 Å². The lowest BCUT2D eigenvalue weighted by molar-refractivity contribution is 0.185. The first kappa shape index (κ1) is 8.44. The van der Waals surface area contributed by atoms with Crippen LogP contribution in [-0.4, -0.2) is 23.2 Å². The fraction of sp³-hybridized carbons (Fsp3) is 0.556. The van der Waals surface area contributed by atoms with Gasteiger partial charge >= 0.3 is 0 Å². The van der Waals surface area contributed by atoms with Crippen LogP contribution in [0.1, 0.15) is 12.2 Å². The second kappa shape index (κ2) is 3.70. The highest BCUT2D eigenvalue weighted by molar-refractivity contribution is 5.30. The fourth-order valence-corrected chi connectivity index (χ4v) is 1.47. The highest BCUT2D eigenvalue weighted by atomic mass is 16.5. The molecule has 0 aliphatic carbocycles. The molecule has 0 bridgehead atoms. The van der Waals surface area contributed by atoms with E-state index in [1.807, 2.05) is 0 Å². The van der Waals surface area contributed by atoms with Gasteiger partial charge in [0.15, 0.2) is 0 Å². The van der Waals surface area contributed by atoms with E-state index in [2.05, 4.69) is 9.97 Å². The summed E-state index contributed by atoms with van der Waals surface area (Å²) in [6, 6.07) is 0. The van der Waals surface area contributed by atoms with E-state index in [4.69, 9.17) is 10.5 Å². The van der Waals surface area contributed by atoms with E-state index in [1.165, 1.54) is 0 Å². The smallest absolute Gasteiger partial charge is 0.128 e. The number of nitrogen functional groups attached to an aromatic ring is 1. The standard InChI is InChI=1S/C9H13N3O/c10-8-4-11-9(12-5-8)3-7-1-2-13-6-7/h4-5,7H,1-3,6,10H2. The Morgan fingerprint density at radius 2 is 2.23 bits per heavy atom. The number of hydrogen-bond acceptors (Lipinski definition) is 4. The topological polar surface area (TPSA) is 61.0 Å².